The first kappa shape index (κ1) is 22.7. The van der Waals surface area contributed by atoms with Crippen LogP contribution in [-0.2, 0) is 19.4 Å². The second kappa shape index (κ2) is 7.60. The highest BCUT2D eigenvalue weighted by Crippen LogP contribution is 2.40. The zero-order valence-corrected chi connectivity index (χ0v) is 16.2. The van der Waals surface area contributed by atoms with Crippen LogP contribution in [0.1, 0.15) is 11.6 Å². The third-order valence-corrected chi connectivity index (χ3v) is 4.38. The minimum absolute atomic E-state index is 0.167. The van der Waals surface area contributed by atoms with E-state index in [9.17, 15) is 35.9 Å². The Morgan fingerprint density at radius 3 is 2.23 bits per heavy atom. The van der Waals surface area contributed by atoms with Gasteiger partial charge in [-0.3, -0.25) is 9.36 Å². The van der Waals surface area contributed by atoms with Crippen molar-refractivity contribution < 1.29 is 35.5 Å². The van der Waals surface area contributed by atoms with E-state index in [1.54, 1.807) is 0 Å². The summed E-state index contributed by atoms with van der Waals surface area (Å²) in [5.74, 6) is -2.33. The van der Waals surface area contributed by atoms with Crippen LogP contribution in [-0.4, -0.2) is 19.3 Å². The van der Waals surface area contributed by atoms with E-state index in [0.29, 0.717) is 0 Å². The molecule has 0 atom stereocenters. The summed E-state index contributed by atoms with van der Waals surface area (Å²) in [6.45, 7) is 0. The van der Waals surface area contributed by atoms with Gasteiger partial charge in [0.2, 0.25) is 0 Å². The fraction of sp³-hybridized carbons (Fsp3) is 0.200. The van der Waals surface area contributed by atoms with Crippen molar-refractivity contribution >= 4 is 23.2 Å². The maximum absolute atomic E-state index is 13.0. The largest absolute Gasteiger partial charge is 0.470 e. The second-order valence-corrected chi connectivity index (χ2v) is 6.51. The van der Waals surface area contributed by atoms with Gasteiger partial charge >= 0.3 is 30.0 Å². The SMILES string of the molecule is Cn1c(C(F)(F)F)cc(=O)n(-c2ccc(Cl)c(Oc3nnc(C(F)(F)F)o3)c2Cl)c1=O. The van der Waals surface area contributed by atoms with Crippen LogP contribution in [0.3, 0.4) is 0 Å². The number of hydrogen-bond donors (Lipinski definition) is 0. The quantitative estimate of drug-likeness (QED) is 0.514. The van der Waals surface area contributed by atoms with E-state index in [2.05, 4.69) is 14.6 Å². The topological polar surface area (TPSA) is 92.2 Å². The highest BCUT2D eigenvalue weighted by Gasteiger charge is 2.39. The molecule has 8 nitrogen and oxygen atoms in total. The molecule has 0 spiro atoms. The molecule has 3 rings (SSSR count). The summed E-state index contributed by atoms with van der Waals surface area (Å²) in [6, 6.07) is 2.21. The van der Waals surface area contributed by atoms with Crippen LogP contribution >= 0.6 is 23.2 Å². The highest BCUT2D eigenvalue weighted by atomic mass is 35.5. The summed E-state index contributed by atoms with van der Waals surface area (Å²) in [4.78, 5) is 24.6. The lowest BCUT2D eigenvalue weighted by Gasteiger charge is -2.15. The highest BCUT2D eigenvalue weighted by molar-refractivity contribution is 6.38. The number of halogens is 8. The van der Waals surface area contributed by atoms with Crippen LogP contribution in [0.5, 0.6) is 11.8 Å². The van der Waals surface area contributed by atoms with Gasteiger partial charge < -0.3 is 9.15 Å². The molecule has 0 bridgehead atoms. The number of alkyl halides is 6. The predicted octanol–water partition coefficient (Wildman–Crippen LogP) is 4.06. The van der Waals surface area contributed by atoms with E-state index in [-0.39, 0.29) is 20.2 Å². The predicted molar refractivity (Wildman–Crippen MR) is 91.7 cm³/mol. The van der Waals surface area contributed by atoms with Gasteiger partial charge in [-0.1, -0.05) is 33.4 Å². The van der Waals surface area contributed by atoms with Gasteiger partial charge in [0, 0.05) is 13.1 Å². The smallest absolute Gasteiger partial charge is 0.407 e. The first-order chi connectivity index (χ1) is 14.2. The molecule has 0 aliphatic rings. The summed E-state index contributed by atoms with van der Waals surface area (Å²) in [7, 11) is 0.777. The molecule has 31 heavy (non-hydrogen) atoms. The van der Waals surface area contributed by atoms with Crippen molar-refractivity contribution in [1.29, 1.82) is 0 Å². The number of aromatic nitrogens is 4. The number of benzene rings is 1. The maximum Gasteiger partial charge on any atom is 0.470 e. The number of rotatable bonds is 3. The lowest BCUT2D eigenvalue weighted by molar-refractivity contribution is -0.157. The van der Waals surface area contributed by atoms with Crippen LogP contribution in [0.25, 0.3) is 5.69 Å². The van der Waals surface area contributed by atoms with Gasteiger partial charge in [0.05, 0.1) is 10.7 Å². The van der Waals surface area contributed by atoms with Crippen LogP contribution in [0.4, 0.5) is 26.3 Å². The van der Waals surface area contributed by atoms with Gasteiger partial charge in [0.15, 0.2) is 5.75 Å². The van der Waals surface area contributed by atoms with Crippen molar-refractivity contribution in [2.75, 3.05) is 0 Å². The average Bonchev–Trinajstić information content (AvgIpc) is 3.11. The van der Waals surface area contributed by atoms with Gasteiger partial charge in [-0.05, 0) is 12.1 Å². The Morgan fingerprint density at radius 1 is 1.03 bits per heavy atom. The van der Waals surface area contributed by atoms with E-state index < -0.39 is 57.7 Å². The minimum atomic E-state index is -4.99. The Kier molecular flexibility index (Phi) is 5.56. The molecule has 0 saturated heterocycles. The molecule has 2 heterocycles. The van der Waals surface area contributed by atoms with E-state index in [0.717, 1.165) is 19.2 Å². The summed E-state index contributed by atoms with van der Waals surface area (Å²) < 4.78 is 86.4. The molecular weight excluding hydrogens is 485 g/mol. The molecular formula is C15H6Cl2F6N4O4. The summed E-state index contributed by atoms with van der Waals surface area (Å²) in [5, 5.41) is 4.84. The summed E-state index contributed by atoms with van der Waals surface area (Å²) in [5.41, 5.74) is -4.77. The van der Waals surface area contributed by atoms with Gasteiger partial charge in [-0.25, -0.2) is 9.36 Å². The number of hydrogen-bond acceptors (Lipinski definition) is 6. The molecule has 3 aromatic rings. The van der Waals surface area contributed by atoms with Crippen molar-refractivity contribution in [3.05, 3.63) is 60.7 Å². The third kappa shape index (κ3) is 4.25. The number of ether oxygens (including phenoxy) is 1. The third-order valence-electron chi connectivity index (χ3n) is 3.72. The zero-order chi connectivity index (χ0) is 23.3. The molecule has 0 amide bonds. The fourth-order valence-corrected chi connectivity index (χ4v) is 2.89. The van der Waals surface area contributed by atoms with E-state index in [1.807, 2.05) is 0 Å². The first-order valence-corrected chi connectivity index (χ1v) is 8.44. The molecule has 0 N–H and O–H groups in total. The van der Waals surface area contributed by atoms with Crippen LogP contribution in [0, 0.1) is 0 Å². The van der Waals surface area contributed by atoms with Crippen molar-refractivity contribution in [2.45, 2.75) is 12.4 Å². The average molecular weight is 491 g/mol. The van der Waals surface area contributed by atoms with Gasteiger partial charge in [0.1, 0.15) is 10.7 Å². The monoisotopic (exact) mass is 490 g/mol. The maximum atomic E-state index is 13.0. The molecule has 1 aromatic carbocycles. The lowest BCUT2D eigenvalue weighted by Crippen LogP contribution is -2.40. The molecule has 0 aliphatic carbocycles. The van der Waals surface area contributed by atoms with Gasteiger partial charge in [-0.15, -0.1) is 0 Å². The van der Waals surface area contributed by atoms with Crippen LogP contribution in [0.2, 0.25) is 10.0 Å². The van der Waals surface area contributed by atoms with Crippen molar-refractivity contribution in [1.82, 2.24) is 19.3 Å². The second-order valence-electron chi connectivity index (χ2n) is 5.73. The van der Waals surface area contributed by atoms with Crippen molar-refractivity contribution in [3.63, 3.8) is 0 Å². The molecule has 2 aromatic heterocycles. The normalized spacial score (nSPS) is 12.3. The summed E-state index contributed by atoms with van der Waals surface area (Å²) >= 11 is 12.0. The molecule has 0 aliphatic heterocycles. The van der Waals surface area contributed by atoms with E-state index >= 15 is 0 Å². The van der Waals surface area contributed by atoms with Gasteiger partial charge in [0.25, 0.3) is 5.56 Å². The standard InChI is InChI=1S/C15H6Cl2F6N4O4/c1-26-7(14(18,19)20)4-8(28)27(13(26)29)6-3-2-5(16)10(9(6)17)30-12-25-24-11(31-12)15(21,22)23/h2-4H,1H3. The molecule has 0 saturated carbocycles. The van der Waals surface area contributed by atoms with Crippen LogP contribution in [0.15, 0.2) is 32.2 Å². The molecule has 16 heteroatoms. The zero-order valence-electron chi connectivity index (χ0n) is 14.7. The molecule has 0 fully saturated rings. The van der Waals surface area contributed by atoms with Crippen molar-refractivity contribution in [2.24, 2.45) is 7.05 Å². The Balaban J connectivity index is 2.14. The first-order valence-electron chi connectivity index (χ1n) is 7.69. The van der Waals surface area contributed by atoms with Crippen LogP contribution < -0.4 is 16.0 Å². The molecule has 0 unspecified atom stereocenters. The Labute approximate surface area is 176 Å². The fourth-order valence-electron chi connectivity index (χ4n) is 2.36. The Hall–Kier alpha value is -3.00. The van der Waals surface area contributed by atoms with Gasteiger partial charge in [-0.2, -0.15) is 26.3 Å². The lowest BCUT2D eigenvalue weighted by atomic mass is 10.2. The van der Waals surface area contributed by atoms with E-state index in [4.69, 9.17) is 27.9 Å². The number of nitrogens with zero attached hydrogens (tertiary/aromatic N) is 4. The Morgan fingerprint density at radius 2 is 1.68 bits per heavy atom. The molecule has 166 valence electrons. The Bertz CT molecular complexity index is 1280. The molecule has 0 radical (unpaired) electrons. The van der Waals surface area contributed by atoms with Crippen molar-refractivity contribution in [3.8, 4) is 17.5 Å². The minimum Gasteiger partial charge on any atom is -0.407 e. The summed E-state index contributed by atoms with van der Waals surface area (Å²) in [6.07, 6.45) is -11.0. The van der Waals surface area contributed by atoms with E-state index in [1.165, 1.54) is 0 Å².